The van der Waals surface area contributed by atoms with Crippen LogP contribution in [0, 0.1) is 17.2 Å². The molecule has 0 fully saturated rings. The number of phenolic OH excluding ortho intramolecular Hbond substituents is 2. The zero-order valence-electron chi connectivity index (χ0n) is 75.5. The van der Waals surface area contributed by atoms with Crippen molar-refractivity contribution >= 4 is 130 Å². The number of benzene rings is 3. The molecular weight excluding hydrogens is 1810 g/mol. The van der Waals surface area contributed by atoms with Gasteiger partial charge >= 0.3 is 23.9 Å². The quantitative estimate of drug-likeness (QED) is 0.00745. The van der Waals surface area contributed by atoms with Crippen LogP contribution in [0.15, 0.2) is 79.6 Å². The molecular formula is C85H112N24O28. The average Bonchev–Trinajstić information content (AvgIpc) is 1.62. The number of amides is 17. The van der Waals surface area contributed by atoms with E-state index in [0.717, 1.165) is 13.8 Å². The monoisotopic (exact) mass is 1920 g/mol. The van der Waals surface area contributed by atoms with Gasteiger partial charge in [0, 0.05) is 85.4 Å². The molecule has 3 aromatic carbocycles. The zero-order valence-corrected chi connectivity index (χ0v) is 75.5. The van der Waals surface area contributed by atoms with E-state index in [1.54, 1.807) is 6.92 Å². The second-order valence-corrected chi connectivity index (χ2v) is 32.7. The number of carboxylic acid groups (broad SMARTS) is 3. The van der Waals surface area contributed by atoms with Crippen LogP contribution in [0.1, 0.15) is 168 Å². The van der Waals surface area contributed by atoms with Crippen molar-refractivity contribution < 1.29 is 136 Å². The summed E-state index contributed by atoms with van der Waals surface area (Å²) >= 11 is 0. The lowest BCUT2D eigenvalue weighted by Crippen LogP contribution is -2.61. The minimum absolute atomic E-state index is 0.0296. The number of aromatic nitrogens is 4. The molecule has 2 aromatic heterocycles. The number of aromatic hydroxyl groups is 2. The Balaban J connectivity index is 0.948. The third kappa shape index (κ3) is 31.4. The number of H-pyrrole nitrogens is 2. The first-order valence-electron chi connectivity index (χ1n) is 43.1. The van der Waals surface area contributed by atoms with Crippen LogP contribution in [0.4, 0.5) is 0 Å². The van der Waals surface area contributed by atoms with Crippen LogP contribution < -0.4 is 107 Å². The molecule has 52 nitrogen and oxygen atoms in total. The Morgan fingerprint density at radius 3 is 1.36 bits per heavy atom. The van der Waals surface area contributed by atoms with Crippen molar-refractivity contribution in [3.8, 4) is 23.0 Å². The van der Waals surface area contributed by atoms with Gasteiger partial charge in [-0.05, 0) is 114 Å². The Morgan fingerprint density at radius 2 is 0.883 bits per heavy atom. The Labute approximate surface area is 780 Å². The van der Waals surface area contributed by atoms with Crippen LogP contribution in [0.5, 0.6) is 23.0 Å². The van der Waals surface area contributed by atoms with Gasteiger partial charge in [0.05, 0.1) is 49.1 Å². The number of hydrogen-bond acceptors (Lipinski definition) is 28. The van der Waals surface area contributed by atoms with Crippen LogP contribution in [-0.2, 0) is 114 Å². The van der Waals surface area contributed by atoms with Gasteiger partial charge in [0.2, 0.25) is 94.5 Å². The molecule has 0 bridgehead atoms. The van der Waals surface area contributed by atoms with Crippen molar-refractivity contribution in [3.63, 3.8) is 0 Å². The van der Waals surface area contributed by atoms with E-state index >= 15 is 0 Å². The normalized spacial score (nSPS) is 15.0. The number of ether oxygens (including phenoxy) is 2. The molecule has 1 spiro atoms. The van der Waals surface area contributed by atoms with Gasteiger partial charge in [-0.2, -0.15) is 0 Å². The molecule has 137 heavy (non-hydrogen) atoms. The van der Waals surface area contributed by atoms with Crippen molar-refractivity contribution in [3.05, 3.63) is 119 Å². The molecule has 17 amide bonds. The number of nitrogens with one attached hydrogen (secondary N) is 19. The maximum atomic E-state index is 14.3. The minimum Gasteiger partial charge on any atom is -0.508 e. The second-order valence-electron chi connectivity index (χ2n) is 32.7. The van der Waals surface area contributed by atoms with Gasteiger partial charge in [-0.1, -0.05) is 34.1 Å². The number of nitrogens with zero attached hydrogens (tertiary/aromatic N) is 2. The fraction of sp³-hybridized carbons (Fsp3) is 0.459. The Bertz CT molecular complexity index is 5310. The molecule has 5 aromatic rings. The first-order chi connectivity index (χ1) is 64.6. The number of nitrogens with two attached hydrogens (primary N) is 3. The SMILES string of the molecule is CC[C@H](C)[C@H](NC(=O)[C@H](CCC(=O)O)NC(=O)[C@H](C)NC(=O)[C@H](Cc1c[nH]cn1)NC(=O)[C@H](C)NC(=O)[C@H](C)NC(=O)[C@H](Cc1c[nH]cn1)NC(=O)[C@@H](NC(=O)CNC(=O)[C@H](CCC(N)=O)NC(=O)c1ccc2c(c1)C1(OC2=O)c2ccc(O)cc2Oc2cc(O)ccc21)C(C)C)C(=O)N[C@@H](CC(N)=O)C(=O)N[C@@H](CCC(=O)O)C(=O)N[C@@H](C)C(=O)NCC(=O)N[C@@H](CCCNC(=N)N)C(=O)O. The number of rotatable bonds is 53. The van der Waals surface area contributed by atoms with E-state index in [1.165, 1.54) is 114 Å². The van der Waals surface area contributed by atoms with Crippen LogP contribution in [-0.4, -0.2) is 274 Å². The molecule has 4 heterocycles. The number of carbonyl (C=O) groups excluding carboxylic acids is 18. The number of aromatic amines is 2. The van der Waals surface area contributed by atoms with Gasteiger partial charge in [0.25, 0.3) is 5.91 Å². The van der Waals surface area contributed by atoms with E-state index in [1.807, 2.05) is 0 Å². The summed E-state index contributed by atoms with van der Waals surface area (Å²) in [6, 6.07) is -9.10. The first kappa shape index (κ1) is 108. The van der Waals surface area contributed by atoms with E-state index in [2.05, 4.69) is 105 Å². The number of guanidine groups is 1. The third-order valence-electron chi connectivity index (χ3n) is 21.7. The number of phenols is 2. The van der Waals surface area contributed by atoms with Gasteiger partial charge < -0.3 is 147 Å². The lowest BCUT2D eigenvalue weighted by molar-refractivity contribution is -0.142. The molecule has 740 valence electrons. The number of imidazole rings is 2. The van der Waals surface area contributed by atoms with Gasteiger partial charge in [-0.15, -0.1) is 0 Å². The number of hydrogen-bond donors (Lipinski definition) is 27. The molecule has 30 N–H and O–H groups in total. The molecule has 0 aliphatic carbocycles. The summed E-state index contributed by atoms with van der Waals surface area (Å²) in [5.74, 6) is -25.5. The van der Waals surface area contributed by atoms with Gasteiger partial charge in [0.1, 0.15) is 102 Å². The Morgan fingerprint density at radius 1 is 0.445 bits per heavy atom. The van der Waals surface area contributed by atoms with Crippen LogP contribution in [0.25, 0.3) is 0 Å². The Kier molecular flexibility index (Phi) is 39.2. The van der Waals surface area contributed by atoms with E-state index in [-0.39, 0.29) is 113 Å². The average molecular weight is 1920 g/mol. The summed E-state index contributed by atoms with van der Waals surface area (Å²) in [6.45, 7) is 9.25. The smallest absolute Gasteiger partial charge is 0.340 e. The molecule has 2 aliphatic rings. The zero-order chi connectivity index (χ0) is 102. The van der Waals surface area contributed by atoms with E-state index in [9.17, 15) is 126 Å². The number of primary amides is 2. The van der Waals surface area contributed by atoms with Crippen molar-refractivity contribution in [1.29, 1.82) is 5.41 Å². The maximum absolute atomic E-state index is 14.3. The highest BCUT2D eigenvalue weighted by molar-refractivity contribution is 6.04. The Hall–Kier alpha value is -16.4. The number of fused-ring (bicyclic) bond motifs is 6. The summed E-state index contributed by atoms with van der Waals surface area (Å²) in [5.41, 5.74) is 15.3. The highest BCUT2D eigenvalue weighted by atomic mass is 16.6. The number of carboxylic acids is 3. The standard InChI is InChI=1S/C85H112N24O28/c1-9-38(4)68(81(132)107-58(30-62(87)113)79(130)104-53(19-22-65(116)117)75(126)98-39(5)69(120)93-33-63(114)101-55(82(133)134)11-10-24-92-84(88)89)109-76(127)54(20-23-66(118)119)102-71(122)42(8)100-77(128)56(26-44-31-90-35-95-44)105-72(123)41(7)97-70(121)40(6)99-78(129)57(27-45-32-91-36-96-45)106-80(131)67(37(2)3)108-64(115)34-94-74(125)52(18-21-61(86)112)103-73(124)43-12-15-48-51(25-43)85(137-83(48)135)49-16-13-46(110)28-59(49)136-60-29-47(111)14-17-50(60)85/h12-17,25,28-29,31-32,35-42,52-58,67-68,110-111H,9-11,18-24,26-27,30,33-34H2,1-8H3,(H2,86,112)(H2,87,113)(H,90,95)(H,91,96)(H,93,120)(H,94,125)(H,97,121)(H,98,126)(H,99,129)(H,100,128)(H,101,114)(H,102,122)(H,103,124)(H,104,130)(H,105,123)(H,106,131)(H,107,132)(H,108,115)(H,109,127)(H,116,117)(H,118,119)(H,133,134)(H4,88,89,92)/t38-,39-,40-,41-,42-,52-,53-,54-,55-,56-,57-,58-,67-,68-/m0/s1. The topological polar surface area (TPSA) is 830 Å². The molecule has 0 saturated carbocycles. The van der Waals surface area contributed by atoms with Crippen LogP contribution >= 0.6 is 0 Å². The second kappa shape index (κ2) is 49.9. The minimum atomic E-state index is -1.99. The summed E-state index contributed by atoms with van der Waals surface area (Å²) in [5, 5.41) is 94.9. The van der Waals surface area contributed by atoms with E-state index < -0.39 is 272 Å². The highest BCUT2D eigenvalue weighted by Gasteiger charge is 2.54. The molecule has 0 saturated heterocycles. The lowest BCUT2D eigenvalue weighted by atomic mass is 9.77. The van der Waals surface area contributed by atoms with Crippen LogP contribution in [0.2, 0.25) is 0 Å². The largest absolute Gasteiger partial charge is 0.508 e. The summed E-state index contributed by atoms with van der Waals surface area (Å²) in [6.07, 6.45) is -0.0536. The van der Waals surface area contributed by atoms with Crippen molar-refractivity contribution in [2.45, 2.75) is 217 Å². The highest BCUT2D eigenvalue weighted by Crippen LogP contribution is 2.57. The van der Waals surface area contributed by atoms with Gasteiger partial charge in [-0.3, -0.25) is 96.5 Å². The van der Waals surface area contributed by atoms with E-state index in [4.69, 9.17) is 32.1 Å². The summed E-state index contributed by atoms with van der Waals surface area (Å²) < 4.78 is 12.1. The first-order valence-corrected chi connectivity index (χ1v) is 43.1. The predicted molar refractivity (Wildman–Crippen MR) is 473 cm³/mol. The predicted octanol–water partition coefficient (Wildman–Crippen LogP) is -6.25. The molecule has 7 rings (SSSR count). The maximum Gasteiger partial charge on any atom is 0.340 e. The van der Waals surface area contributed by atoms with Crippen molar-refractivity contribution in [2.24, 2.45) is 29.0 Å². The fourth-order valence-electron chi connectivity index (χ4n) is 14.1. The van der Waals surface area contributed by atoms with Crippen LogP contribution in [0.3, 0.4) is 0 Å². The van der Waals surface area contributed by atoms with Gasteiger partial charge in [0.15, 0.2) is 11.6 Å². The summed E-state index contributed by atoms with van der Waals surface area (Å²) in [7, 11) is 0. The molecule has 52 heteroatoms. The molecule has 0 unspecified atom stereocenters. The number of esters is 1. The molecule has 2 aliphatic heterocycles. The lowest BCUT2D eigenvalue weighted by Gasteiger charge is -2.36. The molecule has 0 radical (unpaired) electrons. The van der Waals surface area contributed by atoms with Crippen molar-refractivity contribution in [1.82, 2.24) is 105 Å². The molecule has 14 atom stereocenters. The van der Waals surface area contributed by atoms with Crippen molar-refractivity contribution in [2.75, 3.05) is 19.6 Å². The third-order valence-corrected chi connectivity index (χ3v) is 21.7. The number of carbonyl (C=O) groups is 21. The van der Waals surface area contributed by atoms with E-state index in [0.29, 0.717) is 0 Å². The number of aliphatic carboxylic acids is 3. The fourth-order valence-corrected chi connectivity index (χ4v) is 14.1. The summed E-state index contributed by atoms with van der Waals surface area (Å²) in [4.78, 5) is 296. The van der Waals surface area contributed by atoms with Gasteiger partial charge in [-0.25, -0.2) is 19.6 Å².